The van der Waals surface area contributed by atoms with E-state index in [0.717, 1.165) is 23.6 Å². The van der Waals surface area contributed by atoms with Crippen LogP contribution in [0.2, 0.25) is 0 Å². The van der Waals surface area contributed by atoms with Gasteiger partial charge in [0, 0.05) is 30.2 Å². The molecule has 2 heterocycles. The van der Waals surface area contributed by atoms with Gasteiger partial charge in [0.25, 0.3) is 0 Å². The lowest BCUT2D eigenvalue weighted by Gasteiger charge is -2.17. The molecule has 0 radical (unpaired) electrons. The molecule has 0 saturated heterocycles. The molecule has 0 aliphatic rings. The van der Waals surface area contributed by atoms with Gasteiger partial charge in [0.05, 0.1) is 16.9 Å². The maximum absolute atomic E-state index is 12.5. The molecule has 28 heavy (non-hydrogen) atoms. The predicted molar refractivity (Wildman–Crippen MR) is 110 cm³/mol. The van der Waals surface area contributed by atoms with Crippen molar-refractivity contribution < 1.29 is 14.3 Å². The Hall–Kier alpha value is -2.93. The number of aromatic nitrogens is 2. The fourth-order valence-electron chi connectivity index (χ4n) is 3.18. The van der Waals surface area contributed by atoms with E-state index >= 15 is 0 Å². The molecule has 0 saturated carbocycles. The highest BCUT2D eigenvalue weighted by Gasteiger charge is 2.19. The molecule has 0 bridgehead atoms. The second-order valence-corrected chi connectivity index (χ2v) is 7.25. The van der Waals surface area contributed by atoms with Crippen molar-refractivity contribution in [3.05, 3.63) is 64.4 Å². The zero-order valence-corrected chi connectivity index (χ0v) is 17.2. The number of anilines is 2. The molecule has 3 aromatic rings. The summed E-state index contributed by atoms with van der Waals surface area (Å²) in [4.78, 5) is 30.6. The van der Waals surface area contributed by atoms with E-state index < -0.39 is 0 Å². The molecule has 1 aromatic carbocycles. The molecule has 0 N–H and O–H groups in total. The molecule has 0 fully saturated rings. The third-order valence-electron chi connectivity index (χ3n) is 4.52. The summed E-state index contributed by atoms with van der Waals surface area (Å²) in [6, 6.07) is 11.2. The van der Waals surface area contributed by atoms with E-state index in [-0.39, 0.29) is 18.5 Å². The molecule has 146 valence electrons. The number of aryl methyl sites for hydroxylation is 1. The molecule has 0 unspecified atom stereocenters. The van der Waals surface area contributed by atoms with Crippen molar-refractivity contribution in [1.29, 1.82) is 0 Å². The number of para-hydroxylation sites is 1. The predicted octanol–water partition coefficient (Wildman–Crippen LogP) is 4.62. The van der Waals surface area contributed by atoms with E-state index in [9.17, 15) is 9.59 Å². The maximum Gasteiger partial charge on any atom is 0.340 e. The molecule has 0 atom stereocenters. The summed E-state index contributed by atoms with van der Waals surface area (Å²) < 4.78 is 7.53. The number of carbonyl (C=O) groups excluding carboxylic acids is 2. The first-order valence-electron chi connectivity index (χ1n) is 9.06. The number of hydrogen-bond donors (Lipinski definition) is 0. The quantitative estimate of drug-likeness (QED) is 0.569. The van der Waals surface area contributed by atoms with Crippen LogP contribution in [0, 0.1) is 13.8 Å². The number of hydrogen-bond acceptors (Lipinski definition) is 5. The van der Waals surface area contributed by atoms with Crippen LogP contribution in [0.4, 0.5) is 10.8 Å². The number of carbonyl (C=O) groups is 2. The highest BCUT2D eigenvalue weighted by Crippen LogP contribution is 2.29. The summed E-state index contributed by atoms with van der Waals surface area (Å²) in [6.07, 6.45) is 0. The van der Waals surface area contributed by atoms with E-state index in [1.54, 1.807) is 10.3 Å². The van der Waals surface area contributed by atoms with E-state index in [1.165, 1.54) is 18.3 Å². The van der Waals surface area contributed by atoms with Gasteiger partial charge in [-0.1, -0.05) is 18.2 Å². The molecule has 3 rings (SSSR count). The Balaban J connectivity index is 1.72. The maximum atomic E-state index is 12.5. The van der Waals surface area contributed by atoms with Crippen LogP contribution in [-0.2, 0) is 22.7 Å². The second-order valence-electron chi connectivity index (χ2n) is 6.42. The van der Waals surface area contributed by atoms with Gasteiger partial charge < -0.3 is 9.30 Å². The Labute approximate surface area is 168 Å². The fourth-order valence-corrected chi connectivity index (χ4v) is 4.05. The highest BCUT2D eigenvalue weighted by atomic mass is 32.1. The van der Waals surface area contributed by atoms with E-state index in [4.69, 9.17) is 4.74 Å². The van der Waals surface area contributed by atoms with Crippen LogP contribution in [0.5, 0.6) is 0 Å². The van der Waals surface area contributed by atoms with Gasteiger partial charge in [-0.2, -0.15) is 0 Å². The SMILES string of the molecule is CCn1c(C)cc(C(=O)OCc2csc(N(C(C)=O)c3ccccc3)n2)c1C. The Morgan fingerprint density at radius 1 is 1.21 bits per heavy atom. The number of ether oxygens (including phenoxy) is 1. The lowest BCUT2D eigenvalue weighted by Crippen LogP contribution is -2.22. The molecular formula is C21H23N3O3S. The summed E-state index contributed by atoms with van der Waals surface area (Å²) in [5.41, 5.74) is 3.86. The first-order chi connectivity index (χ1) is 13.4. The molecule has 0 aliphatic carbocycles. The highest BCUT2D eigenvalue weighted by molar-refractivity contribution is 7.14. The first kappa shape index (κ1) is 19.8. The molecule has 2 aromatic heterocycles. The van der Waals surface area contributed by atoms with E-state index in [2.05, 4.69) is 9.55 Å². The van der Waals surface area contributed by atoms with Crippen molar-refractivity contribution in [3.63, 3.8) is 0 Å². The smallest absolute Gasteiger partial charge is 0.340 e. The van der Waals surface area contributed by atoms with Crippen LogP contribution in [0.3, 0.4) is 0 Å². The van der Waals surface area contributed by atoms with Crippen molar-refractivity contribution in [2.45, 2.75) is 40.8 Å². The van der Waals surface area contributed by atoms with Crippen molar-refractivity contribution >= 4 is 34.0 Å². The average Bonchev–Trinajstić information content (AvgIpc) is 3.24. The van der Waals surface area contributed by atoms with Gasteiger partial charge >= 0.3 is 5.97 Å². The van der Waals surface area contributed by atoms with Gasteiger partial charge in [-0.25, -0.2) is 9.78 Å². The van der Waals surface area contributed by atoms with Gasteiger partial charge in [-0.3, -0.25) is 9.69 Å². The minimum atomic E-state index is -0.367. The van der Waals surface area contributed by atoms with Crippen molar-refractivity contribution in [1.82, 2.24) is 9.55 Å². The van der Waals surface area contributed by atoms with Gasteiger partial charge in [-0.15, -0.1) is 11.3 Å². The third-order valence-corrected chi connectivity index (χ3v) is 5.40. The molecule has 0 aliphatic heterocycles. The van der Waals surface area contributed by atoms with Crippen molar-refractivity contribution in [2.75, 3.05) is 4.90 Å². The Morgan fingerprint density at radius 2 is 1.93 bits per heavy atom. The lowest BCUT2D eigenvalue weighted by atomic mass is 10.2. The second kappa shape index (κ2) is 8.39. The van der Waals surface area contributed by atoms with E-state index in [0.29, 0.717) is 16.4 Å². The Bertz CT molecular complexity index is 992. The largest absolute Gasteiger partial charge is 0.455 e. The minimum absolute atomic E-state index is 0.0612. The molecule has 1 amide bonds. The zero-order valence-electron chi connectivity index (χ0n) is 16.4. The number of amides is 1. The summed E-state index contributed by atoms with van der Waals surface area (Å²) in [5, 5.41) is 2.35. The number of rotatable bonds is 6. The molecule has 6 nitrogen and oxygen atoms in total. The fraction of sp³-hybridized carbons (Fsp3) is 0.286. The van der Waals surface area contributed by atoms with Gasteiger partial charge in [0.2, 0.25) is 5.91 Å². The Morgan fingerprint density at radius 3 is 2.54 bits per heavy atom. The van der Waals surface area contributed by atoms with Gasteiger partial charge in [0.15, 0.2) is 5.13 Å². The topological polar surface area (TPSA) is 64.4 Å². The summed E-state index contributed by atoms with van der Waals surface area (Å²) in [5.74, 6) is -0.495. The zero-order chi connectivity index (χ0) is 20.3. The minimum Gasteiger partial charge on any atom is -0.455 e. The standard InChI is InChI=1S/C21H23N3O3S/c1-5-23-14(2)11-19(15(23)3)20(26)27-12-17-13-28-21(22-17)24(16(4)25)18-9-7-6-8-10-18/h6-11,13H,5,12H2,1-4H3. The lowest BCUT2D eigenvalue weighted by molar-refractivity contribution is -0.115. The van der Waals surface area contributed by atoms with Crippen LogP contribution in [0.1, 0.15) is 41.3 Å². The number of thiazole rings is 1. The normalized spacial score (nSPS) is 10.7. The number of nitrogens with zero attached hydrogens (tertiary/aromatic N) is 3. The molecular weight excluding hydrogens is 374 g/mol. The number of benzene rings is 1. The summed E-state index contributed by atoms with van der Waals surface area (Å²) >= 11 is 1.34. The summed E-state index contributed by atoms with van der Waals surface area (Å²) in [6.45, 7) is 8.29. The first-order valence-corrected chi connectivity index (χ1v) is 9.94. The molecule has 0 spiro atoms. The monoisotopic (exact) mass is 397 g/mol. The number of esters is 1. The van der Waals surface area contributed by atoms with Gasteiger partial charge in [0.1, 0.15) is 6.61 Å². The van der Waals surface area contributed by atoms with Crippen LogP contribution in [0.15, 0.2) is 41.8 Å². The van der Waals surface area contributed by atoms with Gasteiger partial charge in [-0.05, 0) is 39.0 Å². The van der Waals surface area contributed by atoms with E-state index in [1.807, 2.05) is 57.2 Å². The van der Waals surface area contributed by atoms with Crippen LogP contribution < -0.4 is 4.90 Å². The summed E-state index contributed by atoms with van der Waals surface area (Å²) in [7, 11) is 0. The Kier molecular flexibility index (Phi) is 5.94. The van der Waals surface area contributed by atoms with Crippen molar-refractivity contribution in [2.24, 2.45) is 0 Å². The van der Waals surface area contributed by atoms with Crippen LogP contribution in [-0.4, -0.2) is 21.4 Å². The molecule has 7 heteroatoms. The van der Waals surface area contributed by atoms with Crippen LogP contribution in [0.25, 0.3) is 0 Å². The van der Waals surface area contributed by atoms with Crippen LogP contribution >= 0.6 is 11.3 Å². The average molecular weight is 398 g/mol. The van der Waals surface area contributed by atoms with Crippen molar-refractivity contribution in [3.8, 4) is 0 Å². The third kappa shape index (κ3) is 3.99.